The normalized spacial score (nSPS) is 15.6. The quantitative estimate of drug-likeness (QED) is 0.348. The first-order chi connectivity index (χ1) is 16.4. The lowest BCUT2D eigenvalue weighted by atomic mass is 9.89. The topological polar surface area (TPSA) is 51.5 Å². The summed E-state index contributed by atoms with van der Waals surface area (Å²) in [5, 5.41) is 0.978. The predicted molar refractivity (Wildman–Crippen MR) is 131 cm³/mol. The van der Waals surface area contributed by atoms with E-state index in [0.717, 1.165) is 42.4 Å². The summed E-state index contributed by atoms with van der Waals surface area (Å²) < 4.78 is 46.9. The zero-order valence-electron chi connectivity index (χ0n) is 19.0. The van der Waals surface area contributed by atoms with E-state index in [9.17, 15) is 12.8 Å². The Hall–Kier alpha value is -3.16. The smallest absolute Gasteiger partial charge is 0.339 e. The fourth-order valence-electron chi connectivity index (χ4n) is 4.73. The van der Waals surface area contributed by atoms with E-state index in [1.807, 2.05) is 18.2 Å². The molecule has 0 atom stereocenters. The van der Waals surface area contributed by atoms with Crippen LogP contribution in [0.2, 0.25) is 0 Å². The highest BCUT2D eigenvalue weighted by molar-refractivity contribution is 7.87. The molecule has 1 fully saturated rings. The first kappa shape index (κ1) is 22.6. The molecule has 5 nitrogen and oxygen atoms in total. The van der Waals surface area contributed by atoms with Gasteiger partial charge in [-0.25, -0.2) is 4.39 Å². The van der Waals surface area contributed by atoms with Crippen LogP contribution in [0.3, 0.4) is 0 Å². The molecular weight excluding hydrogens is 451 g/mol. The molecule has 1 aliphatic heterocycles. The SMILES string of the molecule is CN1CCC(c2cn(Cc3cccc(F)c3)c3ccc(OS(=O)(=O)c4ccccc4)cc23)CC1. The van der Waals surface area contributed by atoms with Crippen LogP contribution < -0.4 is 4.18 Å². The van der Waals surface area contributed by atoms with Gasteiger partial charge in [-0.05, 0) is 92.5 Å². The Morgan fingerprint density at radius 3 is 2.47 bits per heavy atom. The average molecular weight is 479 g/mol. The van der Waals surface area contributed by atoms with Crippen molar-refractivity contribution in [2.45, 2.75) is 30.2 Å². The number of hydrogen-bond acceptors (Lipinski definition) is 4. The summed E-state index contributed by atoms with van der Waals surface area (Å²) in [7, 11) is -1.80. The molecule has 7 heteroatoms. The summed E-state index contributed by atoms with van der Waals surface area (Å²) in [5.41, 5.74) is 3.03. The molecular formula is C27H27FN2O3S. The summed E-state index contributed by atoms with van der Waals surface area (Å²) in [6.07, 6.45) is 4.20. The van der Waals surface area contributed by atoms with Crippen LogP contribution in [0.1, 0.15) is 29.9 Å². The average Bonchev–Trinajstić information content (AvgIpc) is 3.17. The van der Waals surface area contributed by atoms with Crippen LogP contribution in [0.15, 0.2) is 83.9 Å². The van der Waals surface area contributed by atoms with E-state index in [4.69, 9.17) is 4.18 Å². The molecule has 0 saturated carbocycles. The number of fused-ring (bicyclic) bond motifs is 1. The van der Waals surface area contributed by atoms with Crippen molar-refractivity contribution in [2.75, 3.05) is 20.1 Å². The molecule has 3 aromatic carbocycles. The first-order valence-electron chi connectivity index (χ1n) is 11.4. The van der Waals surface area contributed by atoms with E-state index in [1.54, 1.807) is 36.4 Å². The Morgan fingerprint density at radius 2 is 1.74 bits per heavy atom. The second kappa shape index (κ2) is 9.24. The monoisotopic (exact) mass is 478 g/mol. The summed E-state index contributed by atoms with van der Waals surface area (Å²) in [6.45, 7) is 2.56. The van der Waals surface area contributed by atoms with Crippen molar-refractivity contribution in [1.29, 1.82) is 0 Å². The van der Waals surface area contributed by atoms with E-state index < -0.39 is 10.1 Å². The van der Waals surface area contributed by atoms with Gasteiger partial charge in [0.1, 0.15) is 16.5 Å². The minimum atomic E-state index is -3.93. The fraction of sp³-hybridized carbons (Fsp3) is 0.259. The molecule has 0 radical (unpaired) electrons. The van der Waals surface area contributed by atoms with Crippen LogP contribution in [0.4, 0.5) is 4.39 Å². The molecule has 0 spiro atoms. The third-order valence-electron chi connectivity index (χ3n) is 6.52. The maximum absolute atomic E-state index is 13.8. The van der Waals surface area contributed by atoms with E-state index >= 15 is 0 Å². The maximum Gasteiger partial charge on any atom is 0.339 e. The van der Waals surface area contributed by atoms with Gasteiger partial charge in [-0.2, -0.15) is 8.42 Å². The number of rotatable bonds is 6. The first-order valence-corrected chi connectivity index (χ1v) is 12.9. The number of piperidine rings is 1. The van der Waals surface area contributed by atoms with Gasteiger partial charge in [-0.3, -0.25) is 0 Å². The Bertz CT molecular complexity index is 1410. The lowest BCUT2D eigenvalue weighted by Crippen LogP contribution is -2.29. The van der Waals surface area contributed by atoms with Gasteiger partial charge in [0.15, 0.2) is 0 Å². The number of halogens is 1. The van der Waals surface area contributed by atoms with E-state index in [0.29, 0.717) is 12.5 Å². The molecule has 0 amide bonds. The highest BCUT2D eigenvalue weighted by Gasteiger charge is 2.24. The molecule has 2 heterocycles. The van der Waals surface area contributed by atoms with Gasteiger partial charge in [-0.15, -0.1) is 0 Å². The van der Waals surface area contributed by atoms with E-state index in [2.05, 4.69) is 22.7 Å². The molecule has 1 aliphatic rings. The minimum absolute atomic E-state index is 0.120. The number of hydrogen-bond donors (Lipinski definition) is 0. The van der Waals surface area contributed by atoms with Crippen LogP contribution >= 0.6 is 0 Å². The van der Waals surface area contributed by atoms with Crippen molar-refractivity contribution in [3.05, 3.63) is 95.9 Å². The number of benzene rings is 3. The van der Waals surface area contributed by atoms with Crippen molar-refractivity contribution >= 4 is 21.0 Å². The van der Waals surface area contributed by atoms with Gasteiger partial charge < -0.3 is 13.7 Å². The summed E-state index contributed by atoms with van der Waals surface area (Å²) in [4.78, 5) is 2.44. The highest BCUT2D eigenvalue weighted by Crippen LogP contribution is 2.36. The van der Waals surface area contributed by atoms with Gasteiger partial charge in [0.2, 0.25) is 0 Å². The second-order valence-corrected chi connectivity index (χ2v) is 10.5. The van der Waals surface area contributed by atoms with E-state index in [1.165, 1.54) is 23.8 Å². The van der Waals surface area contributed by atoms with Crippen molar-refractivity contribution in [3.8, 4) is 5.75 Å². The zero-order valence-corrected chi connectivity index (χ0v) is 19.8. The van der Waals surface area contributed by atoms with Crippen LogP contribution in [-0.2, 0) is 16.7 Å². The molecule has 1 aromatic heterocycles. The molecule has 5 rings (SSSR count). The van der Waals surface area contributed by atoms with Gasteiger partial charge in [0, 0.05) is 23.6 Å². The fourth-order valence-corrected chi connectivity index (χ4v) is 5.67. The van der Waals surface area contributed by atoms with Crippen LogP contribution in [0.25, 0.3) is 10.9 Å². The summed E-state index contributed by atoms with van der Waals surface area (Å²) >= 11 is 0. The van der Waals surface area contributed by atoms with Crippen molar-refractivity contribution in [1.82, 2.24) is 9.47 Å². The molecule has 176 valence electrons. The molecule has 0 N–H and O–H groups in total. The lowest BCUT2D eigenvalue weighted by Gasteiger charge is -2.28. The molecule has 1 saturated heterocycles. The van der Waals surface area contributed by atoms with Crippen LogP contribution in [0, 0.1) is 5.82 Å². The maximum atomic E-state index is 13.8. The Kier molecular flexibility index (Phi) is 6.15. The lowest BCUT2D eigenvalue weighted by molar-refractivity contribution is 0.256. The predicted octanol–water partition coefficient (Wildman–Crippen LogP) is 5.41. The minimum Gasteiger partial charge on any atom is -0.379 e. The van der Waals surface area contributed by atoms with Crippen molar-refractivity contribution in [2.24, 2.45) is 0 Å². The second-order valence-electron chi connectivity index (χ2n) is 8.95. The Labute approximate surface area is 199 Å². The van der Waals surface area contributed by atoms with Gasteiger partial charge >= 0.3 is 10.1 Å². The molecule has 0 unspecified atom stereocenters. The summed E-state index contributed by atoms with van der Waals surface area (Å²) in [6, 6.07) is 20.2. The van der Waals surface area contributed by atoms with E-state index in [-0.39, 0.29) is 16.5 Å². The van der Waals surface area contributed by atoms with Gasteiger partial charge in [-0.1, -0.05) is 30.3 Å². The Balaban J connectivity index is 1.54. The Morgan fingerprint density at radius 1 is 0.971 bits per heavy atom. The third-order valence-corrected chi connectivity index (χ3v) is 7.78. The molecule has 0 aliphatic carbocycles. The van der Waals surface area contributed by atoms with Crippen LogP contribution in [-0.4, -0.2) is 38.0 Å². The van der Waals surface area contributed by atoms with Crippen molar-refractivity contribution < 1.29 is 17.0 Å². The molecule has 4 aromatic rings. The van der Waals surface area contributed by atoms with Gasteiger partial charge in [0.05, 0.1) is 0 Å². The number of aromatic nitrogens is 1. The molecule has 34 heavy (non-hydrogen) atoms. The third kappa shape index (κ3) is 4.72. The summed E-state index contributed by atoms with van der Waals surface area (Å²) in [5.74, 6) is 0.397. The zero-order chi connectivity index (χ0) is 23.7. The molecule has 0 bridgehead atoms. The highest BCUT2D eigenvalue weighted by atomic mass is 32.2. The number of nitrogens with zero attached hydrogens (tertiary/aromatic N) is 2. The van der Waals surface area contributed by atoms with Crippen LogP contribution in [0.5, 0.6) is 5.75 Å². The standard InChI is InChI=1S/C27H27FN2O3S/c1-29-14-12-21(13-15-29)26-19-30(18-20-6-5-7-22(28)16-20)27-11-10-23(17-25(26)27)33-34(31,32)24-8-3-2-4-9-24/h2-11,16-17,19,21H,12-15,18H2,1H3. The van der Waals surface area contributed by atoms with Crippen molar-refractivity contribution in [3.63, 3.8) is 0 Å². The number of likely N-dealkylation sites (tertiary alicyclic amines) is 1. The van der Waals surface area contributed by atoms with Gasteiger partial charge in [0.25, 0.3) is 0 Å². The largest absolute Gasteiger partial charge is 0.379 e.